The van der Waals surface area contributed by atoms with Gasteiger partial charge in [-0.3, -0.25) is 0 Å². The van der Waals surface area contributed by atoms with Crippen molar-refractivity contribution in [2.45, 2.75) is 38.9 Å². The SMILES string of the molecule is CC[C@]1(C)N(O)[C@@H](C)C(c2ccccc2)=[N+]1[O-]. The van der Waals surface area contributed by atoms with Crippen LogP contribution in [-0.2, 0) is 0 Å². The lowest BCUT2D eigenvalue weighted by Gasteiger charge is -2.27. The first-order chi connectivity index (χ1) is 8.02. The zero-order valence-corrected chi connectivity index (χ0v) is 10.4. The van der Waals surface area contributed by atoms with E-state index in [0.717, 1.165) is 15.4 Å². The van der Waals surface area contributed by atoms with Crippen LogP contribution in [0.5, 0.6) is 0 Å². The van der Waals surface area contributed by atoms with Crippen LogP contribution in [0, 0.1) is 5.21 Å². The van der Waals surface area contributed by atoms with Crippen LogP contribution in [0.4, 0.5) is 0 Å². The molecule has 0 amide bonds. The van der Waals surface area contributed by atoms with Gasteiger partial charge in [0.15, 0.2) is 0 Å². The lowest BCUT2D eigenvalue weighted by molar-refractivity contribution is -0.585. The molecule has 92 valence electrons. The van der Waals surface area contributed by atoms with E-state index in [4.69, 9.17) is 0 Å². The molecule has 1 aromatic carbocycles. The fraction of sp³-hybridized carbons (Fsp3) is 0.462. The van der Waals surface area contributed by atoms with Crippen molar-refractivity contribution in [1.82, 2.24) is 5.06 Å². The standard InChI is InChI=1S/C13H18N2O2/c1-4-13(3)14(16)10(2)12(15(13)17)11-8-6-5-7-9-11/h5-10,16H,4H2,1-3H3/t10-,13+/m0/s1. The Morgan fingerprint density at radius 2 is 2.00 bits per heavy atom. The van der Waals surface area contributed by atoms with E-state index in [-0.39, 0.29) is 6.04 Å². The van der Waals surface area contributed by atoms with E-state index in [1.54, 1.807) is 6.92 Å². The van der Waals surface area contributed by atoms with Crippen LogP contribution in [0.3, 0.4) is 0 Å². The number of nitrogens with zero attached hydrogens (tertiary/aromatic N) is 2. The first-order valence-corrected chi connectivity index (χ1v) is 5.90. The minimum absolute atomic E-state index is 0.292. The molecular weight excluding hydrogens is 216 g/mol. The topological polar surface area (TPSA) is 49.5 Å². The van der Waals surface area contributed by atoms with Crippen LogP contribution < -0.4 is 0 Å². The second-order valence-electron chi connectivity index (χ2n) is 4.64. The predicted molar refractivity (Wildman–Crippen MR) is 66.0 cm³/mol. The largest absolute Gasteiger partial charge is 0.622 e. The third-order valence-corrected chi connectivity index (χ3v) is 3.65. The average molecular weight is 234 g/mol. The zero-order chi connectivity index (χ0) is 12.6. The van der Waals surface area contributed by atoms with E-state index in [2.05, 4.69) is 0 Å². The van der Waals surface area contributed by atoms with Crippen LogP contribution in [0.1, 0.15) is 32.8 Å². The lowest BCUT2D eigenvalue weighted by atomic mass is 10.1. The molecule has 2 rings (SSSR count). The second kappa shape index (κ2) is 4.13. The van der Waals surface area contributed by atoms with Crippen LogP contribution in [0.2, 0.25) is 0 Å². The Morgan fingerprint density at radius 1 is 1.41 bits per heavy atom. The van der Waals surface area contributed by atoms with Crippen molar-refractivity contribution in [3.63, 3.8) is 0 Å². The molecule has 2 atom stereocenters. The quantitative estimate of drug-likeness (QED) is 0.630. The van der Waals surface area contributed by atoms with Crippen LogP contribution in [-0.4, -0.2) is 32.4 Å². The fourth-order valence-electron chi connectivity index (χ4n) is 2.33. The molecule has 4 heteroatoms. The highest BCUT2D eigenvalue weighted by atomic mass is 16.6. The molecule has 0 aliphatic carbocycles. The Balaban J connectivity index is 2.53. The number of hydrogen-bond donors (Lipinski definition) is 1. The maximum Gasteiger partial charge on any atom is 0.247 e. The van der Waals surface area contributed by atoms with Crippen LogP contribution in [0.15, 0.2) is 30.3 Å². The summed E-state index contributed by atoms with van der Waals surface area (Å²) < 4.78 is 0.938. The van der Waals surface area contributed by atoms with Gasteiger partial charge in [0.25, 0.3) is 0 Å². The number of hydrogen-bond acceptors (Lipinski definition) is 3. The summed E-state index contributed by atoms with van der Waals surface area (Å²) in [5, 5.41) is 23.6. The minimum Gasteiger partial charge on any atom is -0.622 e. The van der Waals surface area contributed by atoms with E-state index >= 15 is 0 Å². The van der Waals surface area contributed by atoms with Gasteiger partial charge in [-0.2, -0.15) is 4.74 Å². The Hall–Kier alpha value is -1.39. The summed E-state index contributed by atoms with van der Waals surface area (Å²) in [5.74, 6) is 0. The number of hydroxylamine groups is 3. The van der Waals surface area contributed by atoms with Gasteiger partial charge in [0.1, 0.15) is 6.04 Å². The van der Waals surface area contributed by atoms with Crippen molar-refractivity contribution in [2.75, 3.05) is 0 Å². The summed E-state index contributed by atoms with van der Waals surface area (Å²) in [6.07, 6.45) is 0.563. The summed E-state index contributed by atoms with van der Waals surface area (Å²) in [5.41, 5.74) is 0.619. The molecule has 1 aliphatic rings. The summed E-state index contributed by atoms with van der Waals surface area (Å²) in [6.45, 7) is 5.50. The Morgan fingerprint density at radius 3 is 2.47 bits per heavy atom. The van der Waals surface area contributed by atoms with E-state index in [0.29, 0.717) is 12.1 Å². The van der Waals surface area contributed by atoms with E-state index < -0.39 is 5.66 Å². The minimum atomic E-state index is -0.870. The van der Waals surface area contributed by atoms with Crippen molar-refractivity contribution >= 4 is 5.71 Å². The van der Waals surface area contributed by atoms with Crippen LogP contribution in [0.25, 0.3) is 0 Å². The van der Waals surface area contributed by atoms with E-state index in [1.807, 2.05) is 44.2 Å². The Labute approximate surface area is 101 Å². The molecule has 1 heterocycles. The molecule has 4 nitrogen and oxygen atoms in total. The number of rotatable bonds is 2. The predicted octanol–water partition coefficient (Wildman–Crippen LogP) is 2.21. The molecule has 0 radical (unpaired) electrons. The first kappa shape index (κ1) is 12.1. The highest BCUT2D eigenvalue weighted by molar-refractivity contribution is 6.01. The van der Waals surface area contributed by atoms with Crippen molar-refractivity contribution in [3.8, 4) is 0 Å². The molecule has 0 fully saturated rings. The van der Waals surface area contributed by atoms with E-state index in [9.17, 15) is 10.4 Å². The monoisotopic (exact) mass is 234 g/mol. The third-order valence-electron chi connectivity index (χ3n) is 3.65. The van der Waals surface area contributed by atoms with Gasteiger partial charge in [0.05, 0.1) is 0 Å². The molecule has 0 aromatic heterocycles. The van der Waals surface area contributed by atoms with Gasteiger partial charge in [0, 0.05) is 18.9 Å². The maximum atomic E-state index is 12.4. The van der Waals surface area contributed by atoms with Crippen molar-refractivity contribution in [3.05, 3.63) is 41.1 Å². The Kier molecular flexibility index (Phi) is 2.93. The molecule has 0 saturated carbocycles. The molecule has 1 aliphatic heterocycles. The molecule has 0 saturated heterocycles. The van der Waals surface area contributed by atoms with Crippen molar-refractivity contribution < 1.29 is 9.95 Å². The van der Waals surface area contributed by atoms with Crippen molar-refractivity contribution in [2.24, 2.45) is 0 Å². The molecule has 0 unspecified atom stereocenters. The van der Waals surface area contributed by atoms with E-state index in [1.165, 1.54) is 0 Å². The fourth-order valence-corrected chi connectivity index (χ4v) is 2.33. The zero-order valence-electron chi connectivity index (χ0n) is 10.4. The van der Waals surface area contributed by atoms with Gasteiger partial charge < -0.3 is 10.4 Å². The van der Waals surface area contributed by atoms with Crippen molar-refractivity contribution in [1.29, 1.82) is 0 Å². The molecule has 0 spiro atoms. The lowest BCUT2D eigenvalue weighted by Crippen LogP contribution is -2.47. The van der Waals surface area contributed by atoms with Crippen LogP contribution >= 0.6 is 0 Å². The van der Waals surface area contributed by atoms with Gasteiger partial charge in [-0.1, -0.05) is 25.1 Å². The molecular formula is C13H18N2O2. The third kappa shape index (κ3) is 1.64. The van der Waals surface area contributed by atoms with Gasteiger partial charge in [0.2, 0.25) is 11.4 Å². The highest BCUT2D eigenvalue weighted by Crippen LogP contribution is 2.29. The number of benzene rings is 1. The van der Waals surface area contributed by atoms with Gasteiger partial charge in [-0.05, 0) is 19.1 Å². The van der Waals surface area contributed by atoms with Gasteiger partial charge >= 0.3 is 0 Å². The highest BCUT2D eigenvalue weighted by Gasteiger charge is 2.51. The van der Waals surface area contributed by atoms with Gasteiger partial charge in [-0.15, -0.1) is 5.06 Å². The average Bonchev–Trinajstić information content (AvgIpc) is 2.53. The second-order valence-corrected chi connectivity index (χ2v) is 4.64. The molecule has 1 aromatic rings. The summed E-state index contributed by atoms with van der Waals surface area (Å²) in [4.78, 5) is 0. The Bertz CT molecular complexity index is 444. The summed E-state index contributed by atoms with van der Waals surface area (Å²) in [6, 6.07) is 9.20. The first-order valence-electron chi connectivity index (χ1n) is 5.90. The molecule has 1 N–H and O–H groups in total. The summed E-state index contributed by atoms with van der Waals surface area (Å²) in [7, 11) is 0. The van der Waals surface area contributed by atoms with Gasteiger partial charge in [-0.25, -0.2) is 0 Å². The molecule has 17 heavy (non-hydrogen) atoms. The maximum absolute atomic E-state index is 12.4. The summed E-state index contributed by atoms with van der Waals surface area (Å²) >= 11 is 0. The normalized spacial score (nSPS) is 30.0. The smallest absolute Gasteiger partial charge is 0.247 e. The molecule has 0 bridgehead atoms.